The molecule has 0 amide bonds. The second-order valence-corrected chi connectivity index (χ2v) is 6.53. The van der Waals surface area contributed by atoms with Crippen LogP contribution in [-0.2, 0) is 6.54 Å². The van der Waals surface area contributed by atoms with Crippen molar-refractivity contribution in [2.24, 2.45) is 0 Å². The van der Waals surface area contributed by atoms with Gasteiger partial charge in [0, 0.05) is 10.9 Å². The van der Waals surface area contributed by atoms with Crippen molar-refractivity contribution in [2.45, 2.75) is 19.6 Å². The number of carbonyl (C=O) groups excluding carboxylic acids is 1. The van der Waals surface area contributed by atoms with E-state index < -0.39 is 6.10 Å². The van der Waals surface area contributed by atoms with Crippen molar-refractivity contribution in [2.75, 3.05) is 6.61 Å². The Balaban J connectivity index is 1.50. The Bertz CT molecular complexity index is 1220. The molecule has 28 heavy (non-hydrogen) atoms. The number of furan rings is 1. The fourth-order valence-electron chi connectivity index (χ4n) is 3.02. The summed E-state index contributed by atoms with van der Waals surface area (Å²) in [5.74, 6) is 0.410. The van der Waals surface area contributed by atoms with Crippen LogP contribution in [0.1, 0.15) is 17.3 Å². The Hall–Kier alpha value is -3.45. The molecule has 0 aliphatic carbocycles. The minimum Gasteiger partial charge on any atom is -0.491 e. The second-order valence-electron chi connectivity index (χ2n) is 6.53. The third kappa shape index (κ3) is 3.39. The van der Waals surface area contributed by atoms with Gasteiger partial charge in [-0.1, -0.05) is 24.3 Å². The fourth-order valence-corrected chi connectivity index (χ4v) is 3.02. The van der Waals surface area contributed by atoms with E-state index in [4.69, 9.17) is 9.15 Å². The molecule has 0 aliphatic rings. The van der Waals surface area contributed by atoms with Gasteiger partial charge >= 0.3 is 0 Å². The molecule has 2 aromatic heterocycles. The van der Waals surface area contributed by atoms with Gasteiger partial charge in [0.05, 0.1) is 12.9 Å². The first-order valence-corrected chi connectivity index (χ1v) is 8.81. The number of ether oxygens (including phenoxy) is 1. The molecule has 0 fully saturated rings. The molecule has 4 aromatic rings. The van der Waals surface area contributed by atoms with E-state index in [9.17, 15) is 14.7 Å². The number of benzene rings is 2. The SMILES string of the molecule is CC(=O)c1cccc(OCC(O)Cn2cnc3c(oc4ccccc43)c2=O)c1. The van der Waals surface area contributed by atoms with Crippen LogP contribution in [0.5, 0.6) is 5.75 Å². The molecule has 7 nitrogen and oxygen atoms in total. The molecule has 1 unspecified atom stereocenters. The molecule has 1 N–H and O–H groups in total. The molecular formula is C21H18N2O5. The van der Waals surface area contributed by atoms with E-state index in [1.165, 1.54) is 17.8 Å². The molecule has 0 saturated carbocycles. The van der Waals surface area contributed by atoms with E-state index in [0.29, 0.717) is 22.4 Å². The number of aliphatic hydroxyl groups excluding tert-OH is 1. The average molecular weight is 378 g/mol. The number of ketones is 1. The van der Waals surface area contributed by atoms with Gasteiger partial charge in [-0.2, -0.15) is 0 Å². The molecule has 0 radical (unpaired) electrons. The maximum atomic E-state index is 12.7. The van der Waals surface area contributed by atoms with Crippen LogP contribution in [0.3, 0.4) is 0 Å². The van der Waals surface area contributed by atoms with Crippen molar-refractivity contribution in [1.82, 2.24) is 9.55 Å². The highest BCUT2D eigenvalue weighted by atomic mass is 16.5. The van der Waals surface area contributed by atoms with Crippen LogP contribution in [0.15, 0.2) is 64.1 Å². The number of hydrogen-bond donors (Lipinski definition) is 1. The molecule has 0 spiro atoms. The van der Waals surface area contributed by atoms with Crippen LogP contribution in [0.4, 0.5) is 0 Å². The molecule has 4 rings (SSSR count). The van der Waals surface area contributed by atoms with Crippen molar-refractivity contribution in [3.8, 4) is 5.75 Å². The van der Waals surface area contributed by atoms with E-state index >= 15 is 0 Å². The zero-order chi connectivity index (χ0) is 19.7. The lowest BCUT2D eigenvalue weighted by Crippen LogP contribution is -2.30. The maximum absolute atomic E-state index is 12.7. The van der Waals surface area contributed by atoms with Crippen molar-refractivity contribution in [1.29, 1.82) is 0 Å². The van der Waals surface area contributed by atoms with Crippen LogP contribution in [0, 0.1) is 0 Å². The van der Waals surface area contributed by atoms with Gasteiger partial charge in [0.15, 0.2) is 5.78 Å². The summed E-state index contributed by atoms with van der Waals surface area (Å²) in [4.78, 5) is 28.4. The van der Waals surface area contributed by atoms with Gasteiger partial charge in [0.2, 0.25) is 5.58 Å². The normalized spacial score (nSPS) is 12.4. The summed E-state index contributed by atoms with van der Waals surface area (Å²) >= 11 is 0. The average Bonchev–Trinajstić information content (AvgIpc) is 3.08. The highest BCUT2D eigenvalue weighted by Gasteiger charge is 2.15. The lowest BCUT2D eigenvalue weighted by molar-refractivity contribution is 0.0912. The lowest BCUT2D eigenvalue weighted by Gasteiger charge is -2.14. The summed E-state index contributed by atoms with van der Waals surface area (Å²) in [6.45, 7) is 1.44. The predicted molar refractivity (Wildman–Crippen MR) is 104 cm³/mol. The summed E-state index contributed by atoms with van der Waals surface area (Å²) in [5.41, 5.74) is 1.42. The first kappa shape index (κ1) is 17.9. The standard InChI is InChI=1S/C21H18N2O5/c1-13(24)14-5-4-6-16(9-14)27-11-15(25)10-23-12-22-19-17-7-2-3-8-18(17)28-20(19)21(23)26/h2-9,12,15,25H,10-11H2,1H3. The van der Waals surface area contributed by atoms with Crippen molar-refractivity contribution in [3.05, 3.63) is 70.8 Å². The van der Waals surface area contributed by atoms with Crippen LogP contribution in [0.2, 0.25) is 0 Å². The minimum absolute atomic E-state index is 0.00518. The summed E-state index contributed by atoms with van der Waals surface area (Å²) in [6.07, 6.45) is 0.453. The number of para-hydroxylation sites is 1. The lowest BCUT2D eigenvalue weighted by atomic mass is 10.1. The van der Waals surface area contributed by atoms with E-state index in [2.05, 4.69) is 4.98 Å². The number of carbonyl (C=O) groups is 1. The summed E-state index contributed by atoms with van der Waals surface area (Å²) in [7, 11) is 0. The van der Waals surface area contributed by atoms with Gasteiger partial charge in [0.25, 0.3) is 5.56 Å². The van der Waals surface area contributed by atoms with E-state index in [1.54, 1.807) is 30.3 Å². The van der Waals surface area contributed by atoms with Gasteiger partial charge in [0.1, 0.15) is 29.6 Å². The number of hydrogen-bond acceptors (Lipinski definition) is 6. The third-order valence-corrected chi connectivity index (χ3v) is 4.44. The zero-order valence-corrected chi connectivity index (χ0v) is 15.2. The number of nitrogens with zero attached hydrogens (tertiary/aromatic N) is 2. The number of fused-ring (bicyclic) bond motifs is 3. The smallest absolute Gasteiger partial charge is 0.297 e. The molecule has 0 bridgehead atoms. The molecule has 2 heterocycles. The van der Waals surface area contributed by atoms with Crippen molar-refractivity contribution >= 4 is 27.9 Å². The first-order chi connectivity index (χ1) is 13.5. The van der Waals surface area contributed by atoms with E-state index in [1.807, 2.05) is 18.2 Å². The largest absolute Gasteiger partial charge is 0.491 e. The first-order valence-electron chi connectivity index (χ1n) is 8.81. The van der Waals surface area contributed by atoms with Crippen LogP contribution in [0.25, 0.3) is 22.1 Å². The number of Topliss-reactive ketones (excluding diaryl/α,β-unsaturated/α-hetero) is 1. The second kappa shape index (κ2) is 7.28. The Morgan fingerprint density at radius 1 is 1.25 bits per heavy atom. The minimum atomic E-state index is -0.942. The monoisotopic (exact) mass is 378 g/mol. The van der Waals surface area contributed by atoms with Crippen LogP contribution in [-0.4, -0.2) is 33.2 Å². The van der Waals surface area contributed by atoms with Gasteiger partial charge in [-0.3, -0.25) is 14.2 Å². The number of aliphatic hydroxyl groups is 1. The molecule has 0 saturated heterocycles. The predicted octanol–water partition coefficient (Wildman–Crippen LogP) is 2.79. The number of aromatic nitrogens is 2. The van der Waals surface area contributed by atoms with E-state index in [-0.39, 0.29) is 30.1 Å². The topological polar surface area (TPSA) is 94.6 Å². The zero-order valence-electron chi connectivity index (χ0n) is 15.2. The Morgan fingerprint density at radius 2 is 2.07 bits per heavy atom. The van der Waals surface area contributed by atoms with Gasteiger partial charge in [-0.15, -0.1) is 0 Å². The quantitative estimate of drug-likeness (QED) is 0.519. The Kier molecular flexibility index (Phi) is 4.67. The van der Waals surface area contributed by atoms with Gasteiger partial charge < -0.3 is 14.3 Å². The molecule has 2 aromatic carbocycles. The number of rotatable bonds is 6. The summed E-state index contributed by atoms with van der Waals surface area (Å²) in [6, 6.07) is 14.0. The summed E-state index contributed by atoms with van der Waals surface area (Å²) < 4.78 is 12.5. The van der Waals surface area contributed by atoms with Crippen molar-refractivity contribution in [3.63, 3.8) is 0 Å². The van der Waals surface area contributed by atoms with E-state index in [0.717, 1.165) is 5.39 Å². The highest BCUT2D eigenvalue weighted by Crippen LogP contribution is 2.24. The van der Waals surface area contributed by atoms with Gasteiger partial charge in [-0.05, 0) is 31.2 Å². The highest BCUT2D eigenvalue weighted by molar-refractivity contribution is 6.01. The Morgan fingerprint density at radius 3 is 2.89 bits per heavy atom. The molecule has 142 valence electrons. The fraction of sp³-hybridized carbons (Fsp3) is 0.190. The molecule has 7 heteroatoms. The Labute approximate surface area is 159 Å². The maximum Gasteiger partial charge on any atom is 0.297 e. The molecule has 0 aliphatic heterocycles. The molecular weight excluding hydrogens is 360 g/mol. The van der Waals surface area contributed by atoms with Gasteiger partial charge in [-0.25, -0.2) is 4.98 Å². The van der Waals surface area contributed by atoms with Crippen LogP contribution >= 0.6 is 0 Å². The summed E-state index contributed by atoms with van der Waals surface area (Å²) in [5, 5.41) is 11.0. The molecule has 1 atom stereocenters. The van der Waals surface area contributed by atoms with Crippen LogP contribution < -0.4 is 10.3 Å². The third-order valence-electron chi connectivity index (χ3n) is 4.44. The van der Waals surface area contributed by atoms with Crippen molar-refractivity contribution < 1.29 is 19.1 Å².